The Morgan fingerprint density at radius 1 is 0.824 bits per heavy atom. The van der Waals surface area contributed by atoms with Crippen LogP contribution in [0.4, 0.5) is 0 Å². The van der Waals surface area contributed by atoms with Gasteiger partial charge in [0.15, 0.2) is 0 Å². The first-order chi connectivity index (χ1) is 16.3. The zero-order valence-corrected chi connectivity index (χ0v) is 20.3. The molecule has 0 radical (unpaired) electrons. The van der Waals surface area contributed by atoms with Crippen LogP contribution >= 0.6 is 0 Å². The maximum Gasteiger partial charge on any atom is 0.247 e. The van der Waals surface area contributed by atoms with Crippen LogP contribution in [0.3, 0.4) is 0 Å². The highest BCUT2D eigenvalue weighted by Gasteiger charge is 2.35. The van der Waals surface area contributed by atoms with Crippen LogP contribution in [-0.4, -0.2) is 36.0 Å². The Balaban J connectivity index is 2.19. The van der Waals surface area contributed by atoms with Crippen LogP contribution in [0.5, 0.6) is 0 Å². The molecule has 34 heavy (non-hydrogen) atoms. The van der Waals surface area contributed by atoms with Crippen molar-refractivity contribution in [3.05, 3.63) is 71.8 Å². The summed E-state index contributed by atoms with van der Waals surface area (Å²) < 4.78 is 0. The summed E-state index contributed by atoms with van der Waals surface area (Å²) in [5.41, 5.74) is 3.82. The molecule has 0 aliphatic heterocycles. The Kier molecular flexibility index (Phi) is 11.3. The van der Waals surface area contributed by atoms with Crippen molar-refractivity contribution in [2.75, 3.05) is 7.05 Å². The SMILES string of the molecule is CNC(=O)[C@H](Cc1ccccc1)NC(=O)[C@H](CC(C)C)[C@@H](CCCc1ccccc1)C(=O)NO. The fourth-order valence-corrected chi connectivity index (χ4v) is 4.24. The number of aryl methyl sites for hydroxylation is 1. The standard InChI is InChI=1S/C27H37N3O4/c1-19(2)17-23(22(26(32)30-34)16-10-15-20-11-6-4-7-12-20)25(31)29-24(27(33)28-3)18-21-13-8-5-9-14-21/h4-9,11-14,19,22-24,34H,10,15-18H2,1-3H3,(H,28,33)(H,29,31)(H,30,32)/t22-,23-,24+/m1/s1. The molecule has 0 heterocycles. The van der Waals surface area contributed by atoms with Gasteiger partial charge in [-0.25, -0.2) is 5.48 Å². The monoisotopic (exact) mass is 467 g/mol. The number of rotatable bonds is 13. The van der Waals surface area contributed by atoms with Crippen molar-refractivity contribution in [1.29, 1.82) is 0 Å². The number of amides is 3. The van der Waals surface area contributed by atoms with Gasteiger partial charge in [0.25, 0.3) is 0 Å². The zero-order valence-electron chi connectivity index (χ0n) is 20.3. The molecule has 0 saturated carbocycles. The van der Waals surface area contributed by atoms with E-state index < -0.39 is 23.8 Å². The molecule has 0 spiro atoms. The fourth-order valence-electron chi connectivity index (χ4n) is 4.24. The molecule has 0 fully saturated rings. The third-order valence-electron chi connectivity index (χ3n) is 5.98. The molecule has 2 aromatic carbocycles. The summed E-state index contributed by atoms with van der Waals surface area (Å²) in [4.78, 5) is 38.6. The van der Waals surface area contributed by atoms with Gasteiger partial charge in [0.05, 0.1) is 5.92 Å². The number of likely N-dealkylation sites (N-methyl/N-ethyl adjacent to an activating group) is 1. The van der Waals surface area contributed by atoms with Gasteiger partial charge in [0, 0.05) is 19.4 Å². The fraction of sp³-hybridized carbons (Fsp3) is 0.444. The van der Waals surface area contributed by atoms with E-state index in [1.807, 2.05) is 74.5 Å². The van der Waals surface area contributed by atoms with Gasteiger partial charge in [0.2, 0.25) is 17.7 Å². The maximum absolute atomic E-state index is 13.4. The number of nitrogens with one attached hydrogen (secondary N) is 3. The van der Waals surface area contributed by atoms with Crippen LogP contribution in [0.2, 0.25) is 0 Å². The van der Waals surface area contributed by atoms with E-state index in [0.717, 1.165) is 17.5 Å². The van der Waals surface area contributed by atoms with E-state index in [9.17, 15) is 19.6 Å². The van der Waals surface area contributed by atoms with Crippen LogP contribution in [0, 0.1) is 17.8 Å². The van der Waals surface area contributed by atoms with Gasteiger partial charge in [-0.3, -0.25) is 19.6 Å². The van der Waals surface area contributed by atoms with Crippen LogP contribution in [0.1, 0.15) is 44.2 Å². The van der Waals surface area contributed by atoms with Gasteiger partial charge in [-0.15, -0.1) is 0 Å². The minimum atomic E-state index is -0.767. The number of benzene rings is 2. The first kappa shape index (κ1) is 27.1. The number of hydroxylamine groups is 1. The van der Waals surface area contributed by atoms with Crippen molar-refractivity contribution in [2.45, 2.75) is 52.0 Å². The van der Waals surface area contributed by atoms with E-state index in [-0.39, 0.29) is 17.7 Å². The Labute approximate surface area is 202 Å². The first-order valence-electron chi connectivity index (χ1n) is 11.9. The first-order valence-corrected chi connectivity index (χ1v) is 11.9. The van der Waals surface area contributed by atoms with Gasteiger partial charge in [0.1, 0.15) is 6.04 Å². The lowest BCUT2D eigenvalue weighted by molar-refractivity contribution is -0.142. The van der Waals surface area contributed by atoms with Gasteiger partial charge < -0.3 is 10.6 Å². The Bertz CT molecular complexity index is 903. The normalized spacial score (nSPS) is 13.6. The van der Waals surface area contributed by atoms with E-state index >= 15 is 0 Å². The van der Waals surface area contributed by atoms with Crippen LogP contribution < -0.4 is 16.1 Å². The topological polar surface area (TPSA) is 108 Å². The van der Waals surface area contributed by atoms with E-state index in [1.54, 1.807) is 5.48 Å². The minimum Gasteiger partial charge on any atom is -0.357 e. The molecular formula is C27H37N3O4. The highest BCUT2D eigenvalue weighted by atomic mass is 16.5. The summed E-state index contributed by atoms with van der Waals surface area (Å²) >= 11 is 0. The average molecular weight is 468 g/mol. The minimum absolute atomic E-state index is 0.145. The number of hydrogen-bond acceptors (Lipinski definition) is 4. The summed E-state index contributed by atoms with van der Waals surface area (Å²) in [7, 11) is 1.53. The smallest absolute Gasteiger partial charge is 0.247 e. The van der Waals surface area contributed by atoms with Crippen molar-refractivity contribution in [3.63, 3.8) is 0 Å². The maximum atomic E-state index is 13.4. The van der Waals surface area contributed by atoms with Gasteiger partial charge in [-0.1, -0.05) is 74.5 Å². The number of carbonyl (C=O) groups is 3. The molecule has 0 saturated heterocycles. The molecule has 0 aromatic heterocycles. The molecule has 184 valence electrons. The molecule has 0 bridgehead atoms. The second-order valence-electron chi connectivity index (χ2n) is 9.06. The van der Waals surface area contributed by atoms with Crippen LogP contribution in [0.15, 0.2) is 60.7 Å². The molecule has 2 aromatic rings. The third kappa shape index (κ3) is 8.63. The van der Waals surface area contributed by atoms with E-state index in [0.29, 0.717) is 25.7 Å². The van der Waals surface area contributed by atoms with Crippen LogP contribution in [0.25, 0.3) is 0 Å². The van der Waals surface area contributed by atoms with Gasteiger partial charge in [-0.2, -0.15) is 0 Å². The predicted molar refractivity (Wildman–Crippen MR) is 132 cm³/mol. The predicted octanol–water partition coefficient (Wildman–Crippen LogP) is 3.27. The van der Waals surface area contributed by atoms with Crippen molar-refractivity contribution < 1.29 is 19.6 Å². The Morgan fingerprint density at radius 2 is 1.41 bits per heavy atom. The zero-order chi connectivity index (χ0) is 24.9. The van der Waals surface area contributed by atoms with E-state index in [2.05, 4.69) is 10.6 Å². The second kappa shape index (κ2) is 14.2. The molecule has 7 nitrogen and oxygen atoms in total. The van der Waals surface area contributed by atoms with E-state index in [4.69, 9.17) is 0 Å². The molecule has 0 aliphatic rings. The highest BCUT2D eigenvalue weighted by molar-refractivity contribution is 5.91. The summed E-state index contributed by atoms with van der Waals surface area (Å²) in [5, 5.41) is 14.9. The Morgan fingerprint density at radius 3 is 1.94 bits per heavy atom. The third-order valence-corrected chi connectivity index (χ3v) is 5.98. The molecule has 2 rings (SSSR count). The van der Waals surface area contributed by atoms with Gasteiger partial charge >= 0.3 is 0 Å². The largest absolute Gasteiger partial charge is 0.357 e. The highest BCUT2D eigenvalue weighted by Crippen LogP contribution is 2.27. The number of hydrogen-bond donors (Lipinski definition) is 4. The molecule has 0 unspecified atom stereocenters. The van der Waals surface area contributed by atoms with E-state index in [1.165, 1.54) is 7.05 Å². The second-order valence-corrected chi connectivity index (χ2v) is 9.06. The lowest BCUT2D eigenvalue weighted by Crippen LogP contribution is -2.51. The number of carbonyl (C=O) groups excluding carboxylic acids is 3. The van der Waals surface area contributed by atoms with Crippen molar-refractivity contribution in [1.82, 2.24) is 16.1 Å². The van der Waals surface area contributed by atoms with Gasteiger partial charge in [-0.05, 0) is 42.7 Å². The van der Waals surface area contributed by atoms with Crippen molar-refractivity contribution in [2.24, 2.45) is 17.8 Å². The summed E-state index contributed by atoms with van der Waals surface area (Å²) in [5.74, 6) is -2.47. The van der Waals surface area contributed by atoms with Crippen molar-refractivity contribution in [3.8, 4) is 0 Å². The molecular weight excluding hydrogens is 430 g/mol. The van der Waals surface area contributed by atoms with Crippen LogP contribution in [-0.2, 0) is 27.2 Å². The molecule has 0 aliphatic carbocycles. The van der Waals surface area contributed by atoms with Crippen molar-refractivity contribution >= 4 is 17.7 Å². The summed E-state index contributed by atoms with van der Waals surface area (Å²) in [6.45, 7) is 3.97. The lowest BCUT2D eigenvalue weighted by atomic mass is 9.80. The lowest BCUT2D eigenvalue weighted by Gasteiger charge is -2.28. The molecule has 4 N–H and O–H groups in total. The molecule has 7 heteroatoms. The molecule has 3 atom stereocenters. The summed E-state index contributed by atoms with van der Waals surface area (Å²) in [6, 6.07) is 18.6. The Hall–Kier alpha value is -3.19. The quantitative estimate of drug-likeness (QED) is 0.268. The average Bonchev–Trinajstić information content (AvgIpc) is 2.85. The summed E-state index contributed by atoms with van der Waals surface area (Å²) in [6.07, 6.45) is 2.69. The molecule has 3 amide bonds.